The average Bonchev–Trinajstić information content (AvgIpc) is 2.58. The van der Waals surface area contributed by atoms with Gasteiger partial charge in [0.05, 0.1) is 0 Å². The molecule has 0 aromatic rings. The Morgan fingerprint density at radius 3 is 2.55 bits per heavy atom. The van der Waals surface area contributed by atoms with Gasteiger partial charge in [0.2, 0.25) is 0 Å². The number of nitrogens with zero attached hydrogens (tertiary/aromatic N) is 1. The predicted molar refractivity (Wildman–Crippen MR) is 87.5 cm³/mol. The fourth-order valence-electron chi connectivity index (χ4n) is 2.04. The van der Waals surface area contributed by atoms with Crippen molar-refractivity contribution in [1.82, 2.24) is 10.2 Å². The van der Waals surface area contributed by atoms with Gasteiger partial charge < -0.3 is 16.8 Å². The Bertz CT molecular complexity index is 349. The van der Waals surface area contributed by atoms with Gasteiger partial charge in [-0.3, -0.25) is 4.90 Å². The molecule has 0 unspecified atom stereocenters. The SMILES string of the molecule is NCCN(CCN)CCNC/C1=C/C=C\C=C/CC=C1. The normalized spacial score (nSPS) is 20.9. The van der Waals surface area contributed by atoms with E-state index in [1.54, 1.807) is 0 Å². The molecule has 0 heterocycles. The highest BCUT2D eigenvalue weighted by atomic mass is 15.1. The van der Waals surface area contributed by atoms with E-state index in [1.165, 1.54) is 5.57 Å². The fourth-order valence-corrected chi connectivity index (χ4v) is 2.04. The summed E-state index contributed by atoms with van der Waals surface area (Å²) in [6.07, 6.45) is 15.9. The van der Waals surface area contributed by atoms with Crippen molar-refractivity contribution in [3.8, 4) is 0 Å². The van der Waals surface area contributed by atoms with Crippen LogP contribution in [0.3, 0.4) is 0 Å². The highest BCUT2D eigenvalue weighted by Gasteiger charge is 2.01. The molecule has 5 N–H and O–H groups in total. The van der Waals surface area contributed by atoms with Crippen molar-refractivity contribution in [2.45, 2.75) is 6.42 Å². The van der Waals surface area contributed by atoms with Crippen LogP contribution in [0.25, 0.3) is 0 Å². The van der Waals surface area contributed by atoms with Gasteiger partial charge in [-0.2, -0.15) is 0 Å². The minimum Gasteiger partial charge on any atom is -0.329 e. The van der Waals surface area contributed by atoms with Crippen LogP contribution in [0, 0.1) is 0 Å². The van der Waals surface area contributed by atoms with Crippen LogP contribution in [-0.4, -0.2) is 50.7 Å². The average molecular weight is 276 g/mol. The predicted octanol–water partition coefficient (Wildman–Crippen LogP) is 0.794. The molecule has 0 aromatic carbocycles. The lowest BCUT2D eigenvalue weighted by molar-refractivity contribution is 0.289. The molecular weight excluding hydrogens is 248 g/mol. The molecule has 20 heavy (non-hydrogen) atoms. The number of allylic oxidation sites excluding steroid dienone is 6. The van der Waals surface area contributed by atoms with Crippen LogP contribution in [0.5, 0.6) is 0 Å². The molecule has 0 radical (unpaired) electrons. The Kier molecular flexibility index (Phi) is 9.79. The third kappa shape index (κ3) is 8.07. The molecule has 0 aliphatic heterocycles. The van der Waals surface area contributed by atoms with Crippen LogP contribution in [0.1, 0.15) is 6.42 Å². The van der Waals surface area contributed by atoms with E-state index in [0.717, 1.165) is 39.1 Å². The fraction of sp³-hybridized carbons (Fsp3) is 0.500. The molecule has 112 valence electrons. The first-order valence-corrected chi connectivity index (χ1v) is 7.39. The number of nitrogens with one attached hydrogen (secondary N) is 1. The summed E-state index contributed by atoms with van der Waals surface area (Å²) in [4.78, 5) is 2.30. The summed E-state index contributed by atoms with van der Waals surface area (Å²) in [5.41, 5.74) is 12.5. The van der Waals surface area contributed by atoms with Gasteiger partial charge in [-0.25, -0.2) is 0 Å². The third-order valence-corrected chi connectivity index (χ3v) is 3.10. The Morgan fingerprint density at radius 1 is 1.00 bits per heavy atom. The van der Waals surface area contributed by atoms with E-state index in [9.17, 15) is 0 Å². The summed E-state index contributed by atoms with van der Waals surface area (Å²) < 4.78 is 0. The van der Waals surface area contributed by atoms with Gasteiger partial charge in [-0.05, 0) is 12.0 Å². The Balaban J connectivity index is 2.26. The highest BCUT2D eigenvalue weighted by Crippen LogP contribution is 2.01. The quantitative estimate of drug-likeness (QED) is 0.545. The smallest absolute Gasteiger partial charge is 0.0205 e. The lowest BCUT2D eigenvalue weighted by Crippen LogP contribution is -2.38. The van der Waals surface area contributed by atoms with Crippen molar-refractivity contribution in [2.24, 2.45) is 11.5 Å². The molecule has 0 spiro atoms. The summed E-state index contributed by atoms with van der Waals surface area (Å²) in [6, 6.07) is 0. The second-order valence-electron chi connectivity index (χ2n) is 4.79. The minimum atomic E-state index is 0.686. The molecule has 0 saturated heterocycles. The van der Waals surface area contributed by atoms with Crippen molar-refractivity contribution >= 4 is 0 Å². The van der Waals surface area contributed by atoms with Crippen LogP contribution in [0.15, 0.2) is 48.1 Å². The van der Waals surface area contributed by atoms with E-state index in [2.05, 4.69) is 52.7 Å². The Morgan fingerprint density at radius 2 is 1.80 bits per heavy atom. The second-order valence-corrected chi connectivity index (χ2v) is 4.79. The van der Waals surface area contributed by atoms with Gasteiger partial charge in [0, 0.05) is 45.8 Å². The van der Waals surface area contributed by atoms with E-state index in [1.807, 2.05) is 0 Å². The molecule has 1 rings (SSSR count). The van der Waals surface area contributed by atoms with Crippen molar-refractivity contribution in [1.29, 1.82) is 0 Å². The zero-order valence-electron chi connectivity index (χ0n) is 12.3. The number of nitrogens with two attached hydrogens (primary N) is 2. The van der Waals surface area contributed by atoms with E-state index in [-0.39, 0.29) is 0 Å². The zero-order chi connectivity index (χ0) is 14.5. The molecular formula is C16H28N4. The van der Waals surface area contributed by atoms with E-state index < -0.39 is 0 Å². The summed E-state index contributed by atoms with van der Waals surface area (Å²) in [6.45, 7) is 6.03. The summed E-state index contributed by atoms with van der Waals surface area (Å²) >= 11 is 0. The van der Waals surface area contributed by atoms with Crippen LogP contribution in [0.2, 0.25) is 0 Å². The van der Waals surface area contributed by atoms with Gasteiger partial charge in [0.15, 0.2) is 0 Å². The first-order valence-electron chi connectivity index (χ1n) is 7.39. The molecule has 1 aliphatic rings. The molecule has 4 heteroatoms. The van der Waals surface area contributed by atoms with Crippen LogP contribution < -0.4 is 16.8 Å². The molecule has 4 nitrogen and oxygen atoms in total. The van der Waals surface area contributed by atoms with Gasteiger partial charge in [-0.1, -0.05) is 42.5 Å². The Hall–Kier alpha value is -1.20. The zero-order valence-corrected chi connectivity index (χ0v) is 12.3. The summed E-state index contributed by atoms with van der Waals surface area (Å²) in [5, 5.41) is 3.47. The molecule has 0 fully saturated rings. The van der Waals surface area contributed by atoms with Crippen LogP contribution in [0.4, 0.5) is 0 Å². The Labute approximate surface area is 122 Å². The van der Waals surface area contributed by atoms with E-state index in [4.69, 9.17) is 11.5 Å². The van der Waals surface area contributed by atoms with Gasteiger partial charge in [0.1, 0.15) is 0 Å². The largest absolute Gasteiger partial charge is 0.329 e. The molecule has 0 saturated carbocycles. The maximum absolute atomic E-state index is 5.59. The lowest BCUT2D eigenvalue weighted by atomic mass is 10.2. The van der Waals surface area contributed by atoms with Gasteiger partial charge in [0.25, 0.3) is 0 Å². The topological polar surface area (TPSA) is 67.3 Å². The van der Waals surface area contributed by atoms with E-state index >= 15 is 0 Å². The standard InChI is InChI=1S/C16H28N4/c17-9-12-20(13-10-18)14-11-19-15-16-7-5-3-1-2-4-6-8-16/h1-3,5-8,19H,4,9-15,17-18H2/b2-1-,5-3-,8-6?,16-7+. The molecule has 0 atom stereocenters. The van der Waals surface area contributed by atoms with Crippen molar-refractivity contribution in [2.75, 3.05) is 45.8 Å². The maximum Gasteiger partial charge on any atom is 0.0205 e. The first-order chi connectivity index (χ1) is 9.86. The molecule has 1 aliphatic carbocycles. The molecule has 0 bridgehead atoms. The van der Waals surface area contributed by atoms with Crippen LogP contribution in [-0.2, 0) is 0 Å². The maximum atomic E-state index is 5.59. The second kappa shape index (κ2) is 11.6. The van der Waals surface area contributed by atoms with Crippen LogP contribution >= 0.6 is 0 Å². The number of rotatable bonds is 9. The van der Waals surface area contributed by atoms with E-state index in [0.29, 0.717) is 13.1 Å². The number of hydrogen-bond acceptors (Lipinski definition) is 4. The van der Waals surface area contributed by atoms with Crippen molar-refractivity contribution in [3.05, 3.63) is 48.1 Å². The number of hydrogen-bond donors (Lipinski definition) is 3. The van der Waals surface area contributed by atoms with Gasteiger partial charge in [-0.15, -0.1) is 0 Å². The van der Waals surface area contributed by atoms with Crippen molar-refractivity contribution in [3.63, 3.8) is 0 Å². The lowest BCUT2D eigenvalue weighted by Gasteiger charge is -2.20. The summed E-state index contributed by atoms with van der Waals surface area (Å²) in [5.74, 6) is 0. The summed E-state index contributed by atoms with van der Waals surface area (Å²) in [7, 11) is 0. The van der Waals surface area contributed by atoms with Gasteiger partial charge >= 0.3 is 0 Å². The molecule has 0 aromatic heterocycles. The van der Waals surface area contributed by atoms with Crippen molar-refractivity contribution < 1.29 is 0 Å². The molecule has 0 amide bonds. The minimum absolute atomic E-state index is 0.686. The highest BCUT2D eigenvalue weighted by molar-refractivity contribution is 5.28. The third-order valence-electron chi connectivity index (χ3n) is 3.10. The first kappa shape index (κ1) is 16.9. The monoisotopic (exact) mass is 276 g/mol.